The van der Waals surface area contributed by atoms with E-state index in [-0.39, 0.29) is 6.04 Å². The Hall–Kier alpha value is -1.32. The quantitative estimate of drug-likeness (QED) is 0.555. The standard InChI is InChI=1S/C10H17NO3/c1-8(6-5-7-12)11-9(13)14-10(2,3)4/h5-8H,1-4H3,(H,11,13)/b6-5+/t8-/m0/s1. The maximum absolute atomic E-state index is 11.2. The maximum atomic E-state index is 11.2. The van der Waals surface area contributed by atoms with E-state index in [2.05, 4.69) is 5.32 Å². The summed E-state index contributed by atoms with van der Waals surface area (Å²) < 4.78 is 5.02. The van der Waals surface area contributed by atoms with Crippen LogP contribution >= 0.6 is 0 Å². The Balaban J connectivity index is 3.94. The first-order valence-electron chi connectivity index (χ1n) is 4.46. The van der Waals surface area contributed by atoms with Crippen LogP contribution in [0.25, 0.3) is 0 Å². The van der Waals surface area contributed by atoms with Gasteiger partial charge in [0.05, 0.1) is 0 Å². The molecule has 0 aromatic heterocycles. The van der Waals surface area contributed by atoms with E-state index in [1.54, 1.807) is 33.8 Å². The molecule has 14 heavy (non-hydrogen) atoms. The number of rotatable bonds is 3. The third-order valence-corrected chi connectivity index (χ3v) is 1.22. The molecule has 0 aliphatic heterocycles. The van der Waals surface area contributed by atoms with Gasteiger partial charge in [0, 0.05) is 6.04 Å². The zero-order valence-corrected chi connectivity index (χ0v) is 9.03. The van der Waals surface area contributed by atoms with Crippen molar-refractivity contribution in [3.8, 4) is 0 Å². The first-order valence-corrected chi connectivity index (χ1v) is 4.46. The predicted molar refractivity (Wildman–Crippen MR) is 54.0 cm³/mol. The molecule has 0 spiro atoms. The van der Waals surface area contributed by atoms with E-state index in [0.29, 0.717) is 6.29 Å². The summed E-state index contributed by atoms with van der Waals surface area (Å²) >= 11 is 0. The van der Waals surface area contributed by atoms with Gasteiger partial charge in [-0.2, -0.15) is 0 Å². The highest BCUT2D eigenvalue weighted by Crippen LogP contribution is 2.06. The fourth-order valence-corrected chi connectivity index (χ4v) is 0.754. The van der Waals surface area contributed by atoms with Gasteiger partial charge in [0.15, 0.2) is 0 Å². The molecule has 0 aliphatic rings. The Morgan fingerprint density at radius 1 is 1.43 bits per heavy atom. The molecule has 1 N–H and O–H groups in total. The van der Waals surface area contributed by atoms with Crippen LogP contribution in [-0.4, -0.2) is 24.0 Å². The van der Waals surface area contributed by atoms with Gasteiger partial charge in [-0.15, -0.1) is 0 Å². The largest absolute Gasteiger partial charge is 0.444 e. The van der Waals surface area contributed by atoms with Crippen LogP contribution in [-0.2, 0) is 9.53 Å². The molecule has 80 valence electrons. The van der Waals surface area contributed by atoms with E-state index in [1.807, 2.05) is 0 Å². The fraction of sp³-hybridized carbons (Fsp3) is 0.600. The number of nitrogens with one attached hydrogen (secondary N) is 1. The zero-order chi connectivity index (χ0) is 11.2. The number of alkyl carbamates (subject to hydrolysis) is 1. The lowest BCUT2D eigenvalue weighted by Crippen LogP contribution is -2.36. The van der Waals surface area contributed by atoms with E-state index in [4.69, 9.17) is 4.74 Å². The second kappa shape index (κ2) is 5.42. The minimum Gasteiger partial charge on any atom is -0.444 e. The van der Waals surface area contributed by atoms with Crippen LogP contribution in [0.1, 0.15) is 27.7 Å². The molecule has 4 nitrogen and oxygen atoms in total. The average Bonchev–Trinajstić information content (AvgIpc) is 1.96. The monoisotopic (exact) mass is 199 g/mol. The minimum atomic E-state index is -0.502. The summed E-state index contributed by atoms with van der Waals surface area (Å²) in [5.74, 6) is 0. The molecular formula is C10H17NO3. The number of hydrogen-bond acceptors (Lipinski definition) is 3. The normalized spacial score (nSPS) is 13.7. The SMILES string of the molecule is C[C@@H](/C=C/C=O)NC(=O)OC(C)(C)C. The lowest BCUT2D eigenvalue weighted by atomic mass is 10.2. The smallest absolute Gasteiger partial charge is 0.408 e. The van der Waals surface area contributed by atoms with E-state index in [9.17, 15) is 9.59 Å². The molecule has 4 heteroatoms. The van der Waals surface area contributed by atoms with Crippen molar-refractivity contribution in [3.63, 3.8) is 0 Å². The zero-order valence-electron chi connectivity index (χ0n) is 9.03. The highest BCUT2D eigenvalue weighted by atomic mass is 16.6. The van der Waals surface area contributed by atoms with Crippen molar-refractivity contribution in [2.75, 3.05) is 0 Å². The van der Waals surface area contributed by atoms with Crippen LogP contribution in [0.2, 0.25) is 0 Å². The van der Waals surface area contributed by atoms with E-state index < -0.39 is 11.7 Å². The molecule has 0 unspecified atom stereocenters. The van der Waals surface area contributed by atoms with Gasteiger partial charge in [-0.3, -0.25) is 4.79 Å². The molecule has 1 atom stereocenters. The van der Waals surface area contributed by atoms with Gasteiger partial charge in [0.25, 0.3) is 0 Å². The van der Waals surface area contributed by atoms with Crippen molar-refractivity contribution in [3.05, 3.63) is 12.2 Å². The summed E-state index contributed by atoms with van der Waals surface area (Å²) in [5.41, 5.74) is -0.502. The summed E-state index contributed by atoms with van der Waals surface area (Å²) in [5, 5.41) is 2.56. The molecule has 0 saturated heterocycles. The van der Waals surface area contributed by atoms with Crippen molar-refractivity contribution in [2.24, 2.45) is 0 Å². The van der Waals surface area contributed by atoms with E-state index in [1.165, 1.54) is 6.08 Å². The highest BCUT2D eigenvalue weighted by molar-refractivity contribution is 5.69. The number of carbonyl (C=O) groups excluding carboxylic acids is 2. The van der Waals surface area contributed by atoms with Crippen LogP contribution in [0.4, 0.5) is 4.79 Å². The molecule has 0 aromatic rings. The molecule has 0 radical (unpaired) electrons. The van der Waals surface area contributed by atoms with Crippen molar-refractivity contribution in [1.82, 2.24) is 5.32 Å². The minimum absolute atomic E-state index is 0.213. The van der Waals surface area contributed by atoms with Crippen molar-refractivity contribution in [2.45, 2.75) is 39.3 Å². The van der Waals surface area contributed by atoms with Crippen LogP contribution in [0.5, 0.6) is 0 Å². The second-order valence-electron chi connectivity index (χ2n) is 3.96. The molecule has 0 aromatic carbocycles. The van der Waals surface area contributed by atoms with Gasteiger partial charge < -0.3 is 10.1 Å². The van der Waals surface area contributed by atoms with Gasteiger partial charge in [0.2, 0.25) is 0 Å². The number of ether oxygens (including phenoxy) is 1. The van der Waals surface area contributed by atoms with Gasteiger partial charge in [-0.1, -0.05) is 6.08 Å². The molecular weight excluding hydrogens is 182 g/mol. The molecule has 0 aliphatic carbocycles. The van der Waals surface area contributed by atoms with Crippen LogP contribution in [0, 0.1) is 0 Å². The Morgan fingerprint density at radius 3 is 2.43 bits per heavy atom. The van der Waals surface area contributed by atoms with Crippen LogP contribution in [0.3, 0.4) is 0 Å². The lowest BCUT2D eigenvalue weighted by molar-refractivity contribution is -0.104. The molecule has 0 heterocycles. The first-order chi connectivity index (χ1) is 6.35. The maximum Gasteiger partial charge on any atom is 0.408 e. The Bertz CT molecular complexity index is 228. The van der Waals surface area contributed by atoms with Crippen molar-refractivity contribution < 1.29 is 14.3 Å². The lowest BCUT2D eigenvalue weighted by Gasteiger charge is -2.20. The second-order valence-corrected chi connectivity index (χ2v) is 3.96. The van der Waals surface area contributed by atoms with Gasteiger partial charge in [-0.25, -0.2) is 4.79 Å². The Kier molecular flexibility index (Phi) is 4.91. The first kappa shape index (κ1) is 12.7. The van der Waals surface area contributed by atoms with E-state index in [0.717, 1.165) is 0 Å². The predicted octanol–water partition coefficient (Wildman–Crippen LogP) is 1.65. The summed E-state index contributed by atoms with van der Waals surface area (Å²) in [4.78, 5) is 21.2. The Labute approximate surface area is 84.3 Å². The number of hydrogen-bond donors (Lipinski definition) is 1. The molecule has 0 fully saturated rings. The summed E-state index contributed by atoms with van der Waals surface area (Å²) in [6, 6.07) is -0.213. The topological polar surface area (TPSA) is 55.4 Å². The Morgan fingerprint density at radius 2 is 2.00 bits per heavy atom. The third kappa shape index (κ3) is 7.34. The van der Waals surface area contributed by atoms with Crippen LogP contribution < -0.4 is 5.32 Å². The summed E-state index contributed by atoms with van der Waals surface area (Å²) in [6.45, 7) is 7.12. The average molecular weight is 199 g/mol. The van der Waals surface area contributed by atoms with Gasteiger partial charge in [-0.05, 0) is 33.8 Å². The van der Waals surface area contributed by atoms with E-state index >= 15 is 0 Å². The highest BCUT2D eigenvalue weighted by Gasteiger charge is 2.16. The molecule has 0 bridgehead atoms. The van der Waals surface area contributed by atoms with Crippen LogP contribution in [0.15, 0.2) is 12.2 Å². The third-order valence-electron chi connectivity index (χ3n) is 1.22. The molecule has 0 rings (SSSR count). The number of aldehydes is 1. The van der Waals surface area contributed by atoms with Crippen molar-refractivity contribution in [1.29, 1.82) is 0 Å². The number of amides is 1. The fourth-order valence-electron chi connectivity index (χ4n) is 0.754. The number of allylic oxidation sites excluding steroid dienone is 1. The molecule has 1 amide bonds. The molecule has 0 saturated carbocycles. The van der Waals surface area contributed by atoms with Gasteiger partial charge >= 0.3 is 6.09 Å². The van der Waals surface area contributed by atoms with Gasteiger partial charge in [0.1, 0.15) is 11.9 Å². The van der Waals surface area contributed by atoms with Crippen molar-refractivity contribution >= 4 is 12.4 Å². The number of carbonyl (C=O) groups is 2. The summed E-state index contributed by atoms with van der Waals surface area (Å²) in [7, 11) is 0. The summed E-state index contributed by atoms with van der Waals surface area (Å²) in [6.07, 6.45) is 3.09.